The molecule has 0 aromatic carbocycles. The highest BCUT2D eigenvalue weighted by Gasteiger charge is 2.46. The zero-order valence-electron chi connectivity index (χ0n) is 12.6. The Morgan fingerprint density at radius 2 is 1.35 bits per heavy atom. The van der Waals surface area contributed by atoms with E-state index in [2.05, 4.69) is 32.3 Å². The van der Waals surface area contributed by atoms with Crippen molar-refractivity contribution in [2.24, 2.45) is 0 Å². The minimum atomic E-state index is -2.19. The second kappa shape index (κ2) is 9.08. The van der Waals surface area contributed by atoms with Crippen molar-refractivity contribution in [2.75, 3.05) is 27.3 Å². The number of rotatable bonds is 10. The lowest BCUT2D eigenvalue weighted by Gasteiger charge is -2.40. The lowest BCUT2D eigenvalue weighted by molar-refractivity contribution is 0.150. The second-order valence-electron chi connectivity index (χ2n) is 4.89. The van der Waals surface area contributed by atoms with Crippen molar-refractivity contribution in [1.82, 2.24) is 4.57 Å². The van der Waals surface area contributed by atoms with Crippen LogP contribution in [0.15, 0.2) is 0 Å². The SMILES string of the molecule is CCCCN(CCCC)[Si](OC)(OC)C(C)C. The fourth-order valence-electron chi connectivity index (χ4n) is 2.30. The molecule has 3 nitrogen and oxygen atoms in total. The molecule has 0 saturated heterocycles. The van der Waals surface area contributed by atoms with Gasteiger partial charge in [-0.1, -0.05) is 40.5 Å². The highest BCUT2D eigenvalue weighted by atomic mass is 28.4. The van der Waals surface area contributed by atoms with Crippen molar-refractivity contribution in [2.45, 2.75) is 58.9 Å². The van der Waals surface area contributed by atoms with Crippen LogP contribution >= 0.6 is 0 Å². The number of hydrogen-bond donors (Lipinski definition) is 0. The van der Waals surface area contributed by atoms with Crippen LogP contribution in [0.4, 0.5) is 0 Å². The van der Waals surface area contributed by atoms with Crippen LogP contribution in [0.25, 0.3) is 0 Å². The summed E-state index contributed by atoms with van der Waals surface area (Å²) in [5, 5.41) is 0. The van der Waals surface area contributed by atoms with E-state index in [1.165, 1.54) is 25.7 Å². The van der Waals surface area contributed by atoms with Gasteiger partial charge in [0.2, 0.25) is 0 Å². The van der Waals surface area contributed by atoms with Crippen molar-refractivity contribution >= 4 is 8.72 Å². The highest BCUT2D eigenvalue weighted by Crippen LogP contribution is 2.27. The van der Waals surface area contributed by atoms with Crippen molar-refractivity contribution in [3.63, 3.8) is 0 Å². The van der Waals surface area contributed by atoms with E-state index in [1.807, 2.05) is 0 Å². The number of hydrogen-bond acceptors (Lipinski definition) is 3. The third kappa shape index (κ3) is 4.70. The minimum absolute atomic E-state index is 0.450. The molecule has 4 heteroatoms. The Morgan fingerprint density at radius 1 is 0.941 bits per heavy atom. The monoisotopic (exact) mass is 261 g/mol. The molecule has 0 N–H and O–H groups in total. The molecule has 0 radical (unpaired) electrons. The molecule has 0 aromatic heterocycles. The summed E-state index contributed by atoms with van der Waals surface area (Å²) in [5.74, 6) is 0. The van der Waals surface area contributed by atoms with Gasteiger partial charge in [0.15, 0.2) is 0 Å². The summed E-state index contributed by atoms with van der Waals surface area (Å²) in [6.07, 6.45) is 4.88. The maximum atomic E-state index is 5.85. The Morgan fingerprint density at radius 3 is 1.59 bits per heavy atom. The van der Waals surface area contributed by atoms with Crippen LogP contribution in [0.2, 0.25) is 5.54 Å². The molecule has 0 heterocycles. The first-order valence-electron chi connectivity index (χ1n) is 6.94. The quantitative estimate of drug-likeness (QED) is 0.562. The second-order valence-corrected chi connectivity index (χ2v) is 8.75. The fraction of sp³-hybridized carbons (Fsp3) is 1.00. The summed E-state index contributed by atoms with van der Waals surface area (Å²) < 4.78 is 14.2. The topological polar surface area (TPSA) is 21.7 Å². The van der Waals surface area contributed by atoms with Crippen LogP contribution in [-0.2, 0) is 8.85 Å². The van der Waals surface area contributed by atoms with Crippen LogP contribution in [0, 0.1) is 0 Å². The van der Waals surface area contributed by atoms with E-state index in [4.69, 9.17) is 8.85 Å². The average Bonchev–Trinajstić information content (AvgIpc) is 2.33. The molecule has 0 spiro atoms. The molecule has 0 aliphatic rings. The van der Waals surface area contributed by atoms with Crippen LogP contribution in [0.5, 0.6) is 0 Å². The zero-order chi connectivity index (χ0) is 13.3. The van der Waals surface area contributed by atoms with Gasteiger partial charge < -0.3 is 8.85 Å². The largest absolute Gasteiger partial charge is 0.429 e. The Bertz CT molecular complexity index is 176. The normalized spacial score (nSPS) is 12.7. The Hall–Kier alpha value is 0.0969. The molecule has 0 aliphatic carbocycles. The molecule has 0 atom stereocenters. The van der Waals surface area contributed by atoms with Gasteiger partial charge in [0, 0.05) is 19.8 Å². The Kier molecular flexibility index (Phi) is 9.14. The summed E-state index contributed by atoms with van der Waals surface area (Å²) in [4.78, 5) is 0. The highest BCUT2D eigenvalue weighted by molar-refractivity contribution is 6.65. The molecular weight excluding hydrogens is 230 g/mol. The van der Waals surface area contributed by atoms with Crippen LogP contribution in [0.3, 0.4) is 0 Å². The predicted molar refractivity (Wildman–Crippen MR) is 76.3 cm³/mol. The molecule has 0 fully saturated rings. The number of nitrogens with zero attached hydrogens (tertiary/aromatic N) is 1. The third-order valence-electron chi connectivity index (χ3n) is 3.32. The van der Waals surface area contributed by atoms with E-state index in [9.17, 15) is 0 Å². The van der Waals surface area contributed by atoms with Gasteiger partial charge in [-0.3, -0.25) is 4.57 Å². The Balaban J connectivity index is 4.78. The molecule has 0 unspecified atom stereocenters. The van der Waals surface area contributed by atoms with Gasteiger partial charge in [0.1, 0.15) is 0 Å². The first kappa shape index (κ1) is 17.1. The molecule has 17 heavy (non-hydrogen) atoms. The van der Waals surface area contributed by atoms with Gasteiger partial charge in [-0.2, -0.15) is 0 Å². The molecule has 0 bridgehead atoms. The van der Waals surface area contributed by atoms with Gasteiger partial charge >= 0.3 is 8.72 Å². The maximum Gasteiger partial charge on any atom is 0.429 e. The molecule has 0 saturated carbocycles. The summed E-state index contributed by atoms with van der Waals surface area (Å²) in [7, 11) is 1.42. The summed E-state index contributed by atoms with van der Waals surface area (Å²) in [6, 6.07) is 0. The van der Waals surface area contributed by atoms with Crippen LogP contribution in [-0.4, -0.2) is 40.6 Å². The first-order chi connectivity index (χ1) is 8.08. The third-order valence-corrected chi connectivity index (χ3v) is 7.28. The smallest absolute Gasteiger partial charge is 0.386 e. The molecular formula is C13H31NO2Si. The average molecular weight is 261 g/mol. The van der Waals surface area contributed by atoms with Gasteiger partial charge in [-0.15, -0.1) is 0 Å². The summed E-state index contributed by atoms with van der Waals surface area (Å²) >= 11 is 0. The lowest BCUT2D eigenvalue weighted by Crippen LogP contribution is -2.60. The predicted octanol–water partition coefficient (Wildman–Crippen LogP) is 3.53. The lowest BCUT2D eigenvalue weighted by atomic mass is 10.3. The van der Waals surface area contributed by atoms with Crippen LogP contribution < -0.4 is 0 Å². The van der Waals surface area contributed by atoms with Crippen molar-refractivity contribution in [1.29, 1.82) is 0 Å². The van der Waals surface area contributed by atoms with E-state index in [-0.39, 0.29) is 0 Å². The number of unbranched alkanes of at least 4 members (excludes halogenated alkanes) is 2. The van der Waals surface area contributed by atoms with E-state index in [1.54, 1.807) is 14.2 Å². The van der Waals surface area contributed by atoms with E-state index < -0.39 is 8.72 Å². The first-order valence-corrected chi connectivity index (χ1v) is 8.78. The maximum absolute atomic E-state index is 5.85. The summed E-state index contributed by atoms with van der Waals surface area (Å²) in [5.41, 5.74) is 0.450. The molecule has 104 valence electrons. The van der Waals surface area contributed by atoms with Crippen molar-refractivity contribution < 1.29 is 8.85 Å². The van der Waals surface area contributed by atoms with E-state index in [0.717, 1.165) is 13.1 Å². The molecule has 0 aliphatic heterocycles. The van der Waals surface area contributed by atoms with Crippen molar-refractivity contribution in [3.8, 4) is 0 Å². The van der Waals surface area contributed by atoms with Gasteiger partial charge in [0.25, 0.3) is 0 Å². The zero-order valence-corrected chi connectivity index (χ0v) is 13.6. The van der Waals surface area contributed by atoms with Gasteiger partial charge in [0.05, 0.1) is 0 Å². The van der Waals surface area contributed by atoms with Gasteiger partial charge in [-0.05, 0) is 25.9 Å². The van der Waals surface area contributed by atoms with E-state index in [0.29, 0.717) is 5.54 Å². The van der Waals surface area contributed by atoms with Crippen molar-refractivity contribution in [3.05, 3.63) is 0 Å². The Labute approximate surface area is 109 Å². The molecule has 0 rings (SSSR count). The van der Waals surface area contributed by atoms with Crippen LogP contribution in [0.1, 0.15) is 53.4 Å². The summed E-state index contributed by atoms with van der Waals surface area (Å²) in [6.45, 7) is 11.1. The molecule has 0 amide bonds. The van der Waals surface area contributed by atoms with Gasteiger partial charge in [-0.25, -0.2) is 0 Å². The molecule has 0 aromatic rings. The van der Waals surface area contributed by atoms with E-state index >= 15 is 0 Å². The standard InChI is InChI=1S/C13H31NO2Si/c1-7-9-11-14(12-10-8-2)17(15-5,16-6)13(3)4/h13H,7-12H2,1-6H3. The fourth-order valence-corrected chi connectivity index (χ4v) is 5.60. The minimum Gasteiger partial charge on any atom is -0.386 e.